The van der Waals surface area contributed by atoms with E-state index in [9.17, 15) is 8.42 Å². The molecule has 8 heteroatoms. The monoisotopic (exact) mass is 342 g/mol. The summed E-state index contributed by atoms with van der Waals surface area (Å²) >= 11 is 3.22. The summed E-state index contributed by atoms with van der Waals surface area (Å²) in [5.74, 6) is 0.0253. The average Bonchev–Trinajstić information content (AvgIpc) is 2.38. The van der Waals surface area contributed by atoms with Crippen molar-refractivity contribution in [2.75, 3.05) is 4.72 Å². The van der Waals surface area contributed by atoms with Gasteiger partial charge in [-0.3, -0.25) is 0 Å². The van der Waals surface area contributed by atoms with Gasteiger partial charge in [0, 0.05) is 23.4 Å². The van der Waals surface area contributed by atoms with Crippen molar-refractivity contribution in [1.29, 1.82) is 0 Å². The number of aromatic nitrogens is 2. The molecule has 0 spiro atoms. The molecule has 2 aromatic rings. The standard InChI is InChI=1S/C11H11BrN4O2S/c12-9-6-8(7-13)2-3-10(9)19(17,18)16-11-14-4-1-5-15-11/h1-6H,7,13H2,(H,14,15,16). The third-order valence-corrected chi connectivity index (χ3v) is 4.62. The predicted octanol–water partition coefficient (Wildman–Crippen LogP) is 1.50. The molecule has 0 radical (unpaired) electrons. The average molecular weight is 343 g/mol. The molecule has 0 atom stereocenters. The van der Waals surface area contributed by atoms with Crippen molar-refractivity contribution in [2.24, 2.45) is 5.73 Å². The second-order valence-corrected chi connectivity index (χ2v) is 6.15. The molecule has 19 heavy (non-hydrogen) atoms. The van der Waals surface area contributed by atoms with E-state index < -0.39 is 10.0 Å². The second-order valence-electron chi connectivity index (χ2n) is 3.65. The van der Waals surface area contributed by atoms with Crippen molar-refractivity contribution >= 4 is 31.9 Å². The van der Waals surface area contributed by atoms with E-state index in [1.165, 1.54) is 18.5 Å². The van der Waals surface area contributed by atoms with Crippen LogP contribution in [0.3, 0.4) is 0 Å². The van der Waals surface area contributed by atoms with Gasteiger partial charge in [-0.1, -0.05) is 6.07 Å². The molecule has 0 unspecified atom stereocenters. The van der Waals surface area contributed by atoms with Crippen LogP contribution in [-0.2, 0) is 16.6 Å². The molecule has 1 aromatic carbocycles. The maximum atomic E-state index is 12.2. The highest BCUT2D eigenvalue weighted by molar-refractivity contribution is 9.10. The van der Waals surface area contributed by atoms with E-state index in [-0.39, 0.29) is 10.8 Å². The van der Waals surface area contributed by atoms with Crippen LogP contribution >= 0.6 is 15.9 Å². The lowest BCUT2D eigenvalue weighted by Gasteiger charge is -2.09. The number of nitrogens with zero attached hydrogens (tertiary/aromatic N) is 2. The minimum atomic E-state index is -3.73. The Bertz CT molecular complexity index is 676. The highest BCUT2D eigenvalue weighted by Crippen LogP contribution is 2.24. The van der Waals surface area contributed by atoms with Crippen LogP contribution in [0.15, 0.2) is 46.0 Å². The van der Waals surface area contributed by atoms with Crippen LogP contribution in [0, 0.1) is 0 Å². The number of nitrogens with one attached hydrogen (secondary N) is 1. The van der Waals surface area contributed by atoms with Gasteiger partial charge in [0.15, 0.2) is 0 Å². The maximum absolute atomic E-state index is 12.2. The Morgan fingerprint density at radius 1 is 1.26 bits per heavy atom. The SMILES string of the molecule is NCc1ccc(S(=O)(=O)Nc2ncccn2)c(Br)c1. The number of benzene rings is 1. The third kappa shape index (κ3) is 3.28. The Morgan fingerprint density at radius 2 is 1.95 bits per heavy atom. The van der Waals surface area contributed by atoms with Gasteiger partial charge in [-0.05, 0) is 39.7 Å². The highest BCUT2D eigenvalue weighted by atomic mass is 79.9. The number of hydrogen-bond donors (Lipinski definition) is 2. The molecule has 6 nitrogen and oxygen atoms in total. The van der Waals surface area contributed by atoms with Crippen LogP contribution in [0.25, 0.3) is 0 Å². The van der Waals surface area contributed by atoms with E-state index in [0.717, 1.165) is 5.56 Å². The Kier molecular flexibility index (Phi) is 4.13. The van der Waals surface area contributed by atoms with Crippen LogP contribution in [0.1, 0.15) is 5.56 Å². The number of halogens is 1. The van der Waals surface area contributed by atoms with E-state index in [1.807, 2.05) is 0 Å². The first-order valence-corrected chi connectivity index (χ1v) is 7.59. The fourth-order valence-electron chi connectivity index (χ4n) is 1.42. The largest absolute Gasteiger partial charge is 0.326 e. The van der Waals surface area contributed by atoms with Crippen molar-refractivity contribution in [3.05, 3.63) is 46.7 Å². The van der Waals surface area contributed by atoms with Crippen molar-refractivity contribution in [3.63, 3.8) is 0 Å². The Labute approximate surface area is 119 Å². The van der Waals surface area contributed by atoms with Gasteiger partial charge in [0.05, 0.1) is 0 Å². The number of sulfonamides is 1. The minimum absolute atomic E-state index is 0.0253. The fraction of sp³-hybridized carbons (Fsp3) is 0.0909. The summed E-state index contributed by atoms with van der Waals surface area (Å²) < 4.78 is 27.1. The van der Waals surface area contributed by atoms with E-state index >= 15 is 0 Å². The van der Waals surface area contributed by atoms with Crippen LogP contribution < -0.4 is 10.5 Å². The first-order chi connectivity index (χ1) is 9.03. The van der Waals surface area contributed by atoms with Crippen molar-refractivity contribution in [2.45, 2.75) is 11.4 Å². The molecular formula is C11H11BrN4O2S. The van der Waals surface area contributed by atoms with Gasteiger partial charge in [0.2, 0.25) is 5.95 Å². The van der Waals surface area contributed by atoms with Crippen molar-refractivity contribution in [3.8, 4) is 0 Å². The topological polar surface area (TPSA) is 98.0 Å². The molecule has 0 amide bonds. The molecule has 0 aliphatic heterocycles. The van der Waals surface area contributed by atoms with Gasteiger partial charge < -0.3 is 5.73 Å². The second kappa shape index (κ2) is 5.64. The molecule has 1 aromatic heterocycles. The molecule has 0 saturated heterocycles. The minimum Gasteiger partial charge on any atom is -0.326 e. The molecule has 3 N–H and O–H groups in total. The molecule has 0 fully saturated rings. The van der Waals surface area contributed by atoms with Gasteiger partial charge in [-0.15, -0.1) is 0 Å². The predicted molar refractivity (Wildman–Crippen MR) is 74.9 cm³/mol. The molecule has 2 rings (SSSR count). The highest BCUT2D eigenvalue weighted by Gasteiger charge is 2.18. The van der Waals surface area contributed by atoms with E-state index in [1.54, 1.807) is 18.2 Å². The lowest BCUT2D eigenvalue weighted by atomic mass is 10.2. The van der Waals surface area contributed by atoms with E-state index in [4.69, 9.17) is 5.73 Å². The summed E-state index contributed by atoms with van der Waals surface area (Å²) in [6, 6.07) is 6.41. The van der Waals surface area contributed by atoms with Crippen LogP contribution in [0.2, 0.25) is 0 Å². The zero-order valence-corrected chi connectivity index (χ0v) is 12.1. The molecule has 100 valence electrons. The summed E-state index contributed by atoms with van der Waals surface area (Å²) in [6.07, 6.45) is 2.91. The Balaban J connectivity index is 2.35. The first kappa shape index (κ1) is 13.9. The molecule has 1 heterocycles. The Hall–Kier alpha value is -1.51. The zero-order chi connectivity index (χ0) is 13.9. The van der Waals surface area contributed by atoms with Gasteiger partial charge in [-0.2, -0.15) is 0 Å². The number of nitrogens with two attached hydrogens (primary N) is 1. The smallest absolute Gasteiger partial charge is 0.265 e. The molecule has 0 aliphatic carbocycles. The number of anilines is 1. The van der Waals surface area contributed by atoms with Gasteiger partial charge >= 0.3 is 0 Å². The van der Waals surface area contributed by atoms with Gasteiger partial charge in [-0.25, -0.2) is 23.1 Å². The van der Waals surface area contributed by atoms with E-state index in [2.05, 4.69) is 30.6 Å². The normalized spacial score (nSPS) is 11.3. The number of hydrogen-bond acceptors (Lipinski definition) is 5. The molecule has 0 bridgehead atoms. The van der Waals surface area contributed by atoms with Gasteiger partial charge in [0.25, 0.3) is 10.0 Å². The summed E-state index contributed by atoms with van der Waals surface area (Å²) in [5.41, 5.74) is 6.33. The van der Waals surface area contributed by atoms with Crippen molar-refractivity contribution < 1.29 is 8.42 Å². The van der Waals surface area contributed by atoms with Crippen LogP contribution in [-0.4, -0.2) is 18.4 Å². The zero-order valence-electron chi connectivity index (χ0n) is 9.75. The third-order valence-electron chi connectivity index (χ3n) is 2.31. The van der Waals surface area contributed by atoms with E-state index in [0.29, 0.717) is 11.0 Å². The van der Waals surface area contributed by atoms with Crippen LogP contribution in [0.4, 0.5) is 5.95 Å². The lowest BCUT2D eigenvalue weighted by molar-refractivity contribution is 0.600. The van der Waals surface area contributed by atoms with Crippen molar-refractivity contribution in [1.82, 2.24) is 9.97 Å². The molecule has 0 aliphatic rings. The lowest BCUT2D eigenvalue weighted by Crippen LogP contribution is -2.15. The van der Waals surface area contributed by atoms with Gasteiger partial charge in [0.1, 0.15) is 4.90 Å². The summed E-state index contributed by atoms with van der Waals surface area (Å²) in [5, 5.41) is 0. The molecular weight excluding hydrogens is 332 g/mol. The maximum Gasteiger partial charge on any atom is 0.265 e. The first-order valence-electron chi connectivity index (χ1n) is 5.31. The molecule has 0 saturated carbocycles. The summed E-state index contributed by atoms with van der Waals surface area (Å²) in [4.78, 5) is 7.74. The fourth-order valence-corrected chi connectivity index (χ4v) is 3.50. The summed E-state index contributed by atoms with van der Waals surface area (Å²) in [7, 11) is -3.73. The Morgan fingerprint density at radius 3 is 2.53 bits per heavy atom. The number of rotatable bonds is 4. The van der Waals surface area contributed by atoms with Crippen LogP contribution in [0.5, 0.6) is 0 Å². The summed E-state index contributed by atoms with van der Waals surface area (Å²) in [6.45, 7) is 0.341. The quantitative estimate of drug-likeness (QED) is 0.877.